The molecule has 0 rings (SSSR count). The lowest BCUT2D eigenvalue weighted by atomic mass is 10.2. The average Bonchev–Trinajstić information content (AvgIpc) is 2.14. The third-order valence-corrected chi connectivity index (χ3v) is 1.56. The van der Waals surface area contributed by atoms with Crippen molar-refractivity contribution in [2.75, 3.05) is 6.54 Å². The molecular weight excluding hydrogens is 168 g/mol. The van der Waals surface area contributed by atoms with Crippen molar-refractivity contribution >= 4 is 5.91 Å². The van der Waals surface area contributed by atoms with Crippen molar-refractivity contribution in [3.63, 3.8) is 0 Å². The molecule has 4 heteroatoms. The van der Waals surface area contributed by atoms with Gasteiger partial charge in [-0.25, -0.2) is 0 Å². The number of nitriles is 1. The summed E-state index contributed by atoms with van der Waals surface area (Å²) in [6.07, 6.45) is 3.54. The summed E-state index contributed by atoms with van der Waals surface area (Å²) in [5, 5.41) is 19.3. The van der Waals surface area contributed by atoms with Crippen LogP contribution in [0.15, 0.2) is 11.8 Å². The van der Waals surface area contributed by atoms with E-state index >= 15 is 0 Å². The molecule has 2 N–H and O–H groups in total. The molecule has 0 heterocycles. The van der Waals surface area contributed by atoms with Crippen LogP contribution in [-0.4, -0.2) is 17.6 Å². The minimum absolute atomic E-state index is 0.253. The summed E-state index contributed by atoms with van der Waals surface area (Å²) in [7, 11) is 0. The Hall–Kier alpha value is -1.50. The summed E-state index contributed by atoms with van der Waals surface area (Å²) < 4.78 is 0. The number of hydrogen-bond donors (Lipinski definition) is 2. The van der Waals surface area contributed by atoms with Gasteiger partial charge in [0.1, 0.15) is 12.3 Å². The normalized spacial score (nSPS) is 10.6. The van der Waals surface area contributed by atoms with Gasteiger partial charge >= 0.3 is 0 Å². The summed E-state index contributed by atoms with van der Waals surface area (Å²) in [4.78, 5) is 11.0. The third-order valence-electron chi connectivity index (χ3n) is 1.56. The van der Waals surface area contributed by atoms with Crippen LogP contribution in [-0.2, 0) is 4.79 Å². The minimum atomic E-state index is -0.513. The lowest BCUT2D eigenvalue weighted by Gasteiger charge is -2.01. The van der Waals surface area contributed by atoms with E-state index in [-0.39, 0.29) is 5.57 Å². The van der Waals surface area contributed by atoms with Gasteiger partial charge in [0.2, 0.25) is 0 Å². The Labute approximate surface area is 77.9 Å². The predicted molar refractivity (Wildman–Crippen MR) is 48.9 cm³/mol. The lowest BCUT2D eigenvalue weighted by molar-refractivity contribution is -0.117. The first-order valence-corrected chi connectivity index (χ1v) is 4.29. The van der Waals surface area contributed by atoms with Crippen molar-refractivity contribution in [2.24, 2.45) is 0 Å². The zero-order chi connectivity index (χ0) is 10.1. The minimum Gasteiger partial charge on any atom is -0.514 e. The number of hydrogen-bond acceptors (Lipinski definition) is 3. The smallest absolute Gasteiger partial charge is 0.265 e. The van der Waals surface area contributed by atoms with Gasteiger partial charge in [-0.3, -0.25) is 4.79 Å². The van der Waals surface area contributed by atoms with Gasteiger partial charge in [0.25, 0.3) is 5.91 Å². The highest BCUT2D eigenvalue weighted by molar-refractivity contribution is 5.96. The molecule has 0 aliphatic heterocycles. The summed E-state index contributed by atoms with van der Waals surface area (Å²) >= 11 is 0. The van der Waals surface area contributed by atoms with Crippen LogP contribution >= 0.6 is 0 Å². The Kier molecular flexibility index (Phi) is 6.34. The zero-order valence-electron chi connectivity index (χ0n) is 7.71. The van der Waals surface area contributed by atoms with Gasteiger partial charge in [-0.15, -0.1) is 0 Å². The van der Waals surface area contributed by atoms with Gasteiger partial charge in [-0.2, -0.15) is 5.26 Å². The molecule has 72 valence electrons. The molecule has 0 fully saturated rings. The first-order valence-electron chi connectivity index (χ1n) is 4.29. The van der Waals surface area contributed by atoms with Crippen LogP contribution in [0.2, 0.25) is 0 Å². The lowest BCUT2D eigenvalue weighted by Crippen LogP contribution is -2.25. The maximum absolute atomic E-state index is 11.0. The molecule has 0 radical (unpaired) electrons. The molecule has 0 bridgehead atoms. The zero-order valence-corrected chi connectivity index (χ0v) is 7.71. The summed E-state index contributed by atoms with van der Waals surface area (Å²) in [5.74, 6) is -0.513. The topological polar surface area (TPSA) is 73.1 Å². The van der Waals surface area contributed by atoms with E-state index < -0.39 is 5.91 Å². The number of carbonyl (C=O) groups is 1. The SMILES string of the molecule is CCCCCNC(=O)/C(C#N)=C/O. The maximum Gasteiger partial charge on any atom is 0.265 e. The molecule has 0 atom stereocenters. The molecule has 0 spiro atoms. The van der Waals surface area contributed by atoms with Gasteiger partial charge in [0, 0.05) is 6.54 Å². The number of nitrogens with zero attached hydrogens (tertiary/aromatic N) is 1. The predicted octanol–water partition coefficient (Wildman–Crippen LogP) is 1.26. The molecule has 0 aliphatic rings. The van der Waals surface area contributed by atoms with Crippen LogP contribution in [0.4, 0.5) is 0 Å². The highest BCUT2D eigenvalue weighted by Gasteiger charge is 2.06. The molecule has 4 nitrogen and oxygen atoms in total. The number of carbonyl (C=O) groups excluding carboxylic acids is 1. The van der Waals surface area contributed by atoms with Crippen LogP contribution in [0.25, 0.3) is 0 Å². The fourth-order valence-electron chi connectivity index (χ4n) is 0.810. The van der Waals surface area contributed by atoms with Crippen molar-refractivity contribution in [3.05, 3.63) is 11.8 Å². The summed E-state index contributed by atoms with van der Waals surface area (Å²) in [6.45, 7) is 2.61. The van der Waals surface area contributed by atoms with Crippen LogP contribution in [0.5, 0.6) is 0 Å². The Bertz CT molecular complexity index is 228. The maximum atomic E-state index is 11.0. The summed E-state index contributed by atoms with van der Waals surface area (Å²) in [6, 6.07) is 1.59. The second-order valence-corrected chi connectivity index (χ2v) is 2.62. The molecule has 0 aromatic carbocycles. The molecule has 0 aromatic heterocycles. The molecule has 0 saturated carbocycles. The van der Waals surface area contributed by atoms with E-state index in [1.807, 2.05) is 0 Å². The van der Waals surface area contributed by atoms with E-state index in [2.05, 4.69) is 12.2 Å². The number of aliphatic hydroxyl groups excluding tert-OH is 1. The Morgan fingerprint density at radius 3 is 2.77 bits per heavy atom. The third kappa shape index (κ3) is 4.86. The Morgan fingerprint density at radius 1 is 1.62 bits per heavy atom. The highest BCUT2D eigenvalue weighted by Crippen LogP contribution is 1.93. The van der Waals surface area contributed by atoms with Crippen LogP contribution in [0, 0.1) is 11.3 Å². The van der Waals surface area contributed by atoms with Crippen molar-refractivity contribution < 1.29 is 9.90 Å². The fourth-order valence-corrected chi connectivity index (χ4v) is 0.810. The van der Waals surface area contributed by atoms with E-state index in [4.69, 9.17) is 10.4 Å². The number of nitrogens with one attached hydrogen (secondary N) is 1. The molecule has 0 unspecified atom stereocenters. The first kappa shape index (κ1) is 11.5. The van der Waals surface area contributed by atoms with Crippen LogP contribution in [0.1, 0.15) is 26.2 Å². The Morgan fingerprint density at radius 2 is 2.31 bits per heavy atom. The standard InChI is InChI=1S/C9H14N2O2/c1-2-3-4-5-11-9(13)8(6-10)7-12/h7,12H,2-5H2,1H3,(H,11,13)/b8-7+. The van der Waals surface area contributed by atoms with E-state index in [0.29, 0.717) is 12.8 Å². The highest BCUT2D eigenvalue weighted by atomic mass is 16.2. The van der Waals surface area contributed by atoms with E-state index in [9.17, 15) is 4.79 Å². The van der Waals surface area contributed by atoms with Crippen molar-refractivity contribution in [2.45, 2.75) is 26.2 Å². The molecule has 13 heavy (non-hydrogen) atoms. The van der Waals surface area contributed by atoms with E-state index in [1.165, 1.54) is 0 Å². The van der Waals surface area contributed by atoms with Crippen molar-refractivity contribution in [3.8, 4) is 6.07 Å². The molecule has 0 aromatic rings. The van der Waals surface area contributed by atoms with Gasteiger partial charge < -0.3 is 10.4 Å². The van der Waals surface area contributed by atoms with Crippen LogP contribution in [0.3, 0.4) is 0 Å². The average molecular weight is 182 g/mol. The largest absolute Gasteiger partial charge is 0.514 e. The van der Waals surface area contributed by atoms with Gasteiger partial charge in [0.05, 0.1) is 0 Å². The second kappa shape index (κ2) is 7.17. The van der Waals surface area contributed by atoms with Crippen molar-refractivity contribution in [1.29, 1.82) is 5.26 Å². The second-order valence-electron chi connectivity index (χ2n) is 2.62. The summed E-state index contributed by atoms with van der Waals surface area (Å²) in [5.41, 5.74) is -0.253. The monoisotopic (exact) mass is 182 g/mol. The first-order chi connectivity index (χ1) is 6.26. The van der Waals surface area contributed by atoms with E-state index in [0.717, 1.165) is 19.3 Å². The molecular formula is C9H14N2O2. The number of aliphatic hydroxyl groups is 1. The van der Waals surface area contributed by atoms with Crippen molar-refractivity contribution in [1.82, 2.24) is 5.32 Å². The number of unbranched alkanes of at least 4 members (excludes halogenated alkanes) is 2. The van der Waals surface area contributed by atoms with Gasteiger partial charge in [-0.05, 0) is 6.42 Å². The fraction of sp³-hybridized carbons (Fsp3) is 0.556. The number of rotatable bonds is 5. The molecule has 0 aliphatic carbocycles. The van der Waals surface area contributed by atoms with Gasteiger partial charge in [0.15, 0.2) is 5.57 Å². The van der Waals surface area contributed by atoms with E-state index in [1.54, 1.807) is 6.07 Å². The molecule has 1 amide bonds. The van der Waals surface area contributed by atoms with Crippen LogP contribution < -0.4 is 5.32 Å². The van der Waals surface area contributed by atoms with Gasteiger partial charge in [-0.1, -0.05) is 19.8 Å². The quantitative estimate of drug-likeness (QED) is 0.291. The Balaban J connectivity index is 3.70. The molecule has 0 saturated heterocycles. The number of amides is 1.